The Kier molecular flexibility index (Phi) is 73.3. The number of carbonyl (C=O) groups excluding carboxylic acids is 2. The van der Waals surface area contributed by atoms with E-state index < -0.39 is 12.1 Å². The second-order valence-corrected chi connectivity index (χ2v) is 27.0. The van der Waals surface area contributed by atoms with Crippen LogP contribution in [0, 0.1) is 0 Å². The summed E-state index contributed by atoms with van der Waals surface area (Å²) in [5.41, 5.74) is 0. The van der Waals surface area contributed by atoms with Crippen molar-refractivity contribution >= 4 is 11.9 Å². The molecule has 0 radical (unpaired) electrons. The number of allylic oxidation sites excluding steroid dienone is 4. The van der Waals surface area contributed by atoms with Gasteiger partial charge < -0.3 is 20.3 Å². The first-order chi connectivity index (χ1) is 42.0. The summed E-state index contributed by atoms with van der Waals surface area (Å²) in [4.78, 5) is 24.6. The van der Waals surface area contributed by atoms with E-state index in [1.807, 2.05) is 0 Å². The number of ether oxygens (including phenoxy) is 1. The number of hydrogen-bond acceptors (Lipinski definition) is 5. The van der Waals surface area contributed by atoms with Gasteiger partial charge in [0.05, 0.1) is 25.4 Å². The Balaban J connectivity index is 3.37. The molecule has 0 bridgehead atoms. The Labute approximate surface area is 532 Å². The highest BCUT2D eigenvalue weighted by Crippen LogP contribution is 2.20. The molecule has 0 spiro atoms. The van der Waals surface area contributed by atoms with Crippen LogP contribution < -0.4 is 5.32 Å². The van der Waals surface area contributed by atoms with E-state index >= 15 is 0 Å². The monoisotopic (exact) mass is 1200 g/mol. The molecular weight excluding hydrogens is 1040 g/mol. The van der Waals surface area contributed by atoms with Crippen molar-refractivity contribution in [3.05, 3.63) is 24.3 Å². The molecule has 0 fully saturated rings. The van der Waals surface area contributed by atoms with Gasteiger partial charge in [-0.25, -0.2) is 0 Å². The van der Waals surface area contributed by atoms with Crippen LogP contribution in [0.2, 0.25) is 0 Å². The van der Waals surface area contributed by atoms with Gasteiger partial charge in [0.15, 0.2) is 0 Å². The van der Waals surface area contributed by atoms with Gasteiger partial charge in [0.2, 0.25) is 5.91 Å². The highest BCUT2D eigenvalue weighted by molar-refractivity contribution is 5.76. The number of unbranched alkanes of at least 4 members (excludes halogenated alkanes) is 59. The highest BCUT2D eigenvalue weighted by atomic mass is 16.5. The predicted molar refractivity (Wildman–Crippen MR) is 375 cm³/mol. The topological polar surface area (TPSA) is 95.9 Å². The summed E-state index contributed by atoms with van der Waals surface area (Å²) < 4.78 is 5.49. The van der Waals surface area contributed by atoms with E-state index in [2.05, 4.69) is 43.5 Å². The van der Waals surface area contributed by atoms with Crippen LogP contribution in [0.3, 0.4) is 0 Å². The predicted octanol–water partition coefficient (Wildman–Crippen LogP) is 25.7. The number of rotatable bonds is 74. The number of nitrogens with one attached hydrogen (secondary N) is 1. The van der Waals surface area contributed by atoms with Gasteiger partial charge in [-0.3, -0.25) is 9.59 Å². The Bertz CT molecular complexity index is 1330. The van der Waals surface area contributed by atoms with Crippen molar-refractivity contribution in [1.82, 2.24) is 5.32 Å². The molecule has 0 aliphatic heterocycles. The number of esters is 1. The smallest absolute Gasteiger partial charge is 0.305 e. The molecule has 0 aliphatic rings. The van der Waals surface area contributed by atoms with Gasteiger partial charge in [-0.1, -0.05) is 378 Å². The molecular formula is C79H153NO5. The first-order valence-corrected chi connectivity index (χ1v) is 39.1. The fraction of sp³-hybridized carbons (Fsp3) is 0.924. The minimum absolute atomic E-state index is 0.0102. The average molecular weight is 1200 g/mol. The van der Waals surface area contributed by atoms with E-state index in [0.29, 0.717) is 25.9 Å². The fourth-order valence-electron chi connectivity index (χ4n) is 12.5. The molecule has 0 aromatic carbocycles. The SMILES string of the molecule is CCCCCCCC/C=C\CCCCCCCC(=O)OCCCCCCCCCCCCCC/C=C\CCCCCCCCCCCCCCCCC(=O)NC(CO)C(O)CCCCCCCCCCCCCCCCCCCCCCCCC. The lowest BCUT2D eigenvalue weighted by Crippen LogP contribution is -2.45. The Morgan fingerprint density at radius 3 is 0.835 bits per heavy atom. The Hall–Kier alpha value is -1.66. The van der Waals surface area contributed by atoms with Crippen molar-refractivity contribution in [3.63, 3.8) is 0 Å². The Morgan fingerprint density at radius 1 is 0.318 bits per heavy atom. The average Bonchev–Trinajstić information content (AvgIpc) is 3.51. The number of aliphatic hydroxyl groups is 2. The summed E-state index contributed by atoms with van der Waals surface area (Å²) in [6.45, 7) is 4.99. The van der Waals surface area contributed by atoms with Gasteiger partial charge in [-0.15, -0.1) is 0 Å². The second kappa shape index (κ2) is 74.8. The lowest BCUT2D eigenvalue weighted by Gasteiger charge is -2.22. The number of amides is 1. The van der Waals surface area contributed by atoms with Crippen LogP contribution in [-0.4, -0.2) is 47.4 Å². The summed E-state index contributed by atoms with van der Waals surface area (Å²) >= 11 is 0. The molecule has 0 saturated heterocycles. The van der Waals surface area contributed by atoms with Gasteiger partial charge in [0.1, 0.15) is 0 Å². The van der Waals surface area contributed by atoms with Crippen molar-refractivity contribution in [2.24, 2.45) is 0 Å². The molecule has 3 N–H and O–H groups in total. The molecule has 0 saturated carbocycles. The molecule has 1 amide bonds. The summed E-state index contributed by atoms with van der Waals surface area (Å²) in [5, 5.41) is 23.5. The van der Waals surface area contributed by atoms with Crippen LogP contribution >= 0.6 is 0 Å². The van der Waals surface area contributed by atoms with E-state index in [0.717, 1.165) is 44.9 Å². The van der Waals surface area contributed by atoms with Crippen molar-refractivity contribution in [3.8, 4) is 0 Å². The third kappa shape index (κ3) is 71.3. The van der Waals surface area contributed by atoms with Crippen molar-refractivity contribution in [2.75, 3.05) is 13.2 Å². The van der Waals surface area contributed by atoms with E-state index in [1.165, 1.54) is 366 Å². The van der Waals surface area contributed by atoms with Gasteiger partial charge in [-0.05, 0) is 77.0 Å². The third-order valence-corrected chi connectivity index (χ3v) is 18.5. The standard InChI is InChI=1S/C79H153NO5/c1-3-5-7-9-11-13-15-17-19-20-21-22-31-34-37-40-44-47-51-55-59-63-67-71-77(82)76(75-81)80-78(83)72-68-64-60-56-52-48-45-41-38-35-32-29-27-25-23-24-26-28-30-33-36-39-42-46-50-54-58-62-66-70-74-85-79(84)73-69-65-61-57-53-49-43-18-16-14-12-10-8-6-4-2/h18,24,26,43,76-77,81-82H,3-17,19-23,25,27-42,44-75H2,1-2H3,(H,80,83)/b26-24-,43-18-. The van der Waals surface area contributed by atoms with Crippen LogP contribution in [-0.2, 0) is 14.3 Å². The zero-order valence-electron chi connectivity index (χ0n) is 57.9. The normalized spacial score (nSPS) is 12.6. The maximum absolute atomic E-state index is 12.6. The molecule has 0 aliphatic carbocycles. The van der Waals surface area contributed by atoms with Crippen LogP contribution in [0.1, 0.15) is 444 Å². The van der Waals surface area contributed by atoms with E-state index in [-0.39, 0.29) is 18.5 Å². The third-order valence-electron chi connectivity index (χ3n) is 18.5. The van der Waals surface area contributed by atoms with Crippen molar-refractivity contribution in [1.29, 1.82) is 0 Å². The largest absolute Gasteiger partial charge is 0.466 e. The maximum Gasteiger partial charge on any atom is 0.305 e. The van der Waals surface area contributed by atoms with E-state index in [9.17, 15) is 19.8 Å². The molecule has 6 heteroatoms. The molecule has 504 valence electrons. The van der Waals surface area contributed by atoms with Gasteiger partial charge >= 0.3 is 5.97 Å². The van der Waals surface area contributed by atoms with E-state index in [4.69, 9.17) is 4.74 Å². The molecule has 2 atom stereocenters. The van der Waals surface area contributed by atoms with Crippen LogP contribution in [0.25, 0.3) is 0 Å². The molecule has 0 aromatic rings. The number of hydrogen-bond donors (Lipinski definition) is 3. The quantitative estimate of drug-likeness (QED) is 0.0320. The van der Waals surface area contributed by atoms with Gasteiger partial charge in [-0.2, -0.15) is 0 Å². The highest BCUT2D eigenvalue weighted by Gasteiger charge is 2.20. The summed E-state index contributed by atoms with van der Waals surface area (Å²) in [6.07, 6.45) is 95.5. The number of aliphatic hydroxyl groups excluding tert-OH is 2. The zero-order chi connectivity index (χ0) is 61.3. The lowest BCUT2D eigenvalue weighted by molar-refractivity contribution is -0.143. The summed E-state index contributed by atoms with van der Waals surface area (Å²) in [6, 6.07) is -0.542. The minimum Gasteiger partial charge on any atom is -0.466 e. The molecule has 6 nitrogen and oxygen atoms in total. The molecule has 0 rings (SSSR count). The maximum atomic E-state index is 12.6. The fourth-order valence-corrected chi connectivity index (χ4v) is 12.5. The lowest BCUT2D eigenvalue weighted by atomic mass is 10.0. The summed E-state index contributed by atoms with van der Waals surface area (Å²) in [7, 11) is 0. The second-order valence-electron chi connectivity index (χ2n) is 27.0. The van der Waals surface area contributed by atoms with Crippen molar-refractivity contribution < 1.29 is 24.5 Å². The van der Waals surface area contributed by atoms with E-state index in [1.54, 1.807) is 0 Å². The zero-order valence-corrected chi connectivity index (χ0v) is 57.9. The van der Waals surface area contributed by atoms with Crippen molar-refractivity contribution in [2.45, 2.75) is 456 Å². The van der Waals surface area contributed by atoms with Gasteiger partial charge in [0, 0.05) is 12.8 Å². The van der Waals surface area contributed by atoms with Gasteiger partial charge in [0.25, 0.3) is 0 Å². The van der Waals surface area contributed by atoms with Crippen LogP contribution in [0.5, 0.6) is 0 Å². The minimum atomic E-state index is -0.665. The number of carbonyl (C=O) groups is 2. The molecule has 85 heavy (non-hydrogen) atoms. The summed E-state index contributed by atoms with van der Waals surface area (Å²) in [5.74, 6) is -0.0178. The van der Waals surface area contributed by atoms with Crippen LogP contribution in [0.15, 0.2) is 24.3 Å². The molecule has 0 aromatic heterocycles. The van der Waals surface area contributed by atoms with Crippen LogP contribution in [0.4, 0.5) is 0 Å². The first-order valence-electron chi connectivity index (χ1n) is 39.1. The molecule has 0 heterocycles. The first kappa shape index (κ1) is 83.3. The Morgan fingerprint density at radius 2 is 0.553 bits per heavy atom. The molecule has 2 unspecified atom stereocenters.